The van der Waals surface area contributed by atoms with Crippen molar-refractivity contribution in [2.24, 2.45) is 5.73 Å². The van der Waals surface area contributed by atoms with E-state index in [9.17, 15) is 13.2 Å². The van der Waals surface area contributed by atoms with Gasteiger partial charge in [-0.05, 0) is 37.5 Å². The first-order valence-electron chi connectivity index (χ1n) is 6.97. The third kappa shape index (κ3) is 3.09. The highest BCUT2D eigenvalue weighted by atomic mass is 32.2. The fourth-order valence-corrected chi connectivity index (χ4v) is 4.19. The molecule has 3 N–H and O–H groups in total. The van der Waals surface area contributed by atoms with Crippen LogP contribution in [0.5, 0.6) is 0 Å². The zero-order valence-electron chi connectivity index (χ0n) is 12.2. The molecule has 0 saturated carbocycles. The van der Waals surface area contributed by atoms with E-state index >= 15 is 0 Å². The summed E-state index contributed by atoms with van der Waals surface area (Å²) in [4.78, 5) is 12.0. The molecule has 0 aromatic heterocycles. The predicted octanol–water partition coefficient (Wildman–Crippen LogP) is 0.605. The van der Waals surface area contributed by atoms with Gasteiger partial charge in [-0.25, -0.2) is 8.42 Å². The summed E-state index contributed by atoms with van der Waals surface area (Å²) in [7, 11) is -2.14. The first-order valence-corrected chi connectivity index (χ1v) is 8.41. The Balaban J connectivity index is 2.30. The second kappa shape index (κ2) is 6.13. The smallest absolute Gasteiger partial charge is 0.243 e. The predicted molar refractivity (Wildman–Crippen MR) is 80.0 cm³/mol. The monoisotopic (exact) mass is 311 g/mol. The minimum atomic E-state index is -3.65. The fourth-order valence-electron chi connectivity index (χ4n) is 2.54. The number of nitrogens with zero attached hydrogens (tertiary/aromatic N) is 1. The maximum absolute atomic E-state index is 12.7. The van der Waals surface area contributed by atoms with Crippen molar-refractivity contribution < 1.29 is 13.2 Å². The largest absolute Gasteiger partial charge is 0.358 e. The van der Waals surface area contributed by atoms with E-state index in [0.29, 0.717) is 19.4 Å². The Morgan fingerprint density at radius 3 is 2.52 bits per heavy atom. The molecule has 0 radical (unpaired) electrons. The van der Waals surface area contributed by atoms with E-state index in [4.69, 9.17) is 5.73 Å². The van der Waals surface area contributed by atoms with Gasteiger partial charge in [-0.3, -0.25) is 4.79 Å². The summed E-state index contributed by atoms with van der Waals surface area (Å²) < 4.78 is 26.6. The highest BCUT2D eigenvalue weighted by molar-refractivity contribution is 7.89. The number of likely N-dealkylation sites (N-methyl/N-ethyl adjacent to an activating group) is 1. The summed E-state index contributed by atoms with van der Waals surface area (Å²) in [6.07, 6.45) is 1.24. The maximum atomic E-state index is 12.7. The molecule has 1 saturated heterocycles. The lowest BCUT2D eigenvalue weighted by Gasteiger charge is -2.23. The van der Waals surface area contributed by atoms with Gasteiger partial charge in [0.2, 0.25) is 15.9 Å². The second-order valence-electron chi connectivity index (χ2n) is 5.25. The van der Waals surface area contributed by atoms with Gasteiger partial charge in [-0.15, -0.1) is 0 Å². The molecule has 21 heavy (non-hydrogen) atoms. The molecule has 0 bridgehead atoms. The van der Waals surface area contributed by atoms with Crippen molar-refractivity contribution in [3.63, 3.8) is 0 Å². The van der Waals surface area contributed by atoms with Gasteiger partial charge in [-0.1, -0.05) is 12.1 Å². The molecule has 1 heterocycles. The molecule has 0 aliphatic carbocycles. The molecule has 1 aromatic rings. The van der Waals surface area contributed by atoms with E-state index in [-0.39, 0.29) is 16.8 Å². The van der Waals surface area contributed by atoms with Crippen LogP contribution < -0.4 is 11.1 Å². The summed E-state index contributed by atoms with van der Waals surface area (Å²) in [5.74, 6) is -0.261. The Bertz CT molecular complexity index is 611. The van der Waals surface area contributed by atoms with Crippen LogP contribution >= 0.6 is 0 Å². The van der Waals surface area contributed by atoms with Gasteiger partial charge in [0.1, 0.15) is 6.04 Å². The van der Waals surface area contributed by atoms with E-state index in [1.807, 2.05) is 6.92 Å². The number of nitrogens with one attached hydrogen (secondary N) is 1. The Labute approximate surface area is 125 Å². The van der Waals surface area contributed by atoms with Crippen LogP contribution in [0.2, 0.25) is 0 Å². The van der Waals surface area contributed by atoms with Crippen LogP contribution in [-0.4, -0.2) is 38.3 Å². The number of sulfonamides is 1. The quantitative estimate of drug-likeness (QED) is 0.852. The van der Waals surface area contributed by atoms with Gasteiger partial charge in [0.15, 0.2) is 0 Å². The SMILES string of the molecule is CNC(=O)C1CCCN1S(=O)(=O)c1ccc(C(C)N)cc1. The van der Waals surface area contributed by atoms with Gasteiger partial charge in [0, 0.05) is 19.6 Å². The molecule has 2 unspecified atom stereocenters. The van der Waals surface area contributed by atoms with Crippen molar-refractivity contribution in [1.82, 2.24) is 9.62 Å². The molecular formula is C14H21N3O3S. The summed E-state index contributed by atoms with van der Waals surface area (Å²) in [5, 5.41) is 2.52. The zero-order valence-corrected chi connectivity index (χ0v) is 13.1. The van der Waals surface area contributed by atoms with Crippen LogP contribution in [0.15, 0.2) is 29.2 Å². The highest BCUT2D eigenvalue weighted by Gasteiger charge is 2.38. The Kier molecular flexibility index (Phi) is 4.65. The van der Waals surface area contributed by atoms with Crippen LogP contribution in [0.1, 0.15) is 31.4 Å². The number of benzene rings is 1. The van der Waals surface area contributed by atoms with Crippen LogP contribution in [-0.2, 0) is 14.8 Å². The van der Waals surface area contributed by atoms with Gasteiger partial charge >= 0.3 is 0 Å². The first kappa shape index (κ1) is 15.9. The average Bonchev–Trinajstić information content (AvgIpc) is 2.96. The molecular weight excluding hydrogens is 290 g/mol. The lowest BCUT2D eigenvalue weighted by Crippen LogP contribution is -2.44. The molecule has 6 nitrogen and oxygen atoms in total. The number of carbonyl (C=O) groups is 1. The molecule has 7 heteroatoms. The van der Waals surface area contributed by atoms with Crippen molar-refractivity contribution in [2.75, 3.05) is 13.6 Å². The number of carbonyl (C=O) groups excluding carboxylic acids is 1. The summed E-state index contributed by atoms with van der Waals surface area (Å²) in [5.41, 5.74) is 6.64. The summed E-state index contributed by atoms with van der Waals surface area (Å²) in [6.45, 7) is 2.21. The zero-order chi connectivity index (χ0) is 15.6. The summed E-state index contributed by atoms with van der Waals surface area (Å²) in [6, 6.07) is 5.76. The normalized spacial score (nSPS) is 21.2. The van der Waals surface area contributed by atoms with Crippen molar-refractivity contribution in [1.29, 1.82) is 0 Å². The maximum Gasteiger partial charge on any atom is 0.243 e. The van der Waals surface area contributed by atoms with Gasteiger partial charge in [0.05, 0.1) is 4.90 Å². The lowest BCUT2D eigenvalue weighted by atomic mass is 10.1. The Morgan fingerprint density at radius 2 is 2.00 bits per heavy atom. The molecule has 0 spiro atoms. The average molecular weight is 311 g/mol. The molecule has 2 rings (SSSR count). The molecule has 1 aromatic carbocycles. The van der Waals surface area contributed by atoms with E-state index < -0.39 is 16.1 Å². The molecule has 1 aliphatic rings. The van der Waals surface area contributed by atoms with Gasteiger partial charge in [0.25, 0.3) is 0 Å². The number of hydrogen-bond acceptors (Lipinski definition) is 4. The van der Waals surface area contributed by atoms with E-state index in [1.165, 1.54) is 11.4 Å². The van der Waals surface area contributed by atoms with Crippen LogP contribution in [0.3, 0.4) is 0 Å². The number of amides is 1. The van der Waals surface area contributed by atoms with E-state index in [0.717, 1.165) is 5.56 Å². The number of hydrogen-bond donors (Lipinski definition) is 2. The van der Waals surface area contributed by atoms with Crippen molar-refractivity contribution in [3.8, 4) is 0 Å². The van der Waals surface area contributed by atoms with Gasteiger partial charge < -0.3 is 11.1 Å². The Hall–Kier alpha value is -1.44. The number of nitrogens with two attached hydrogens (primary N) is 1. The molecule has 1 fully saturated rings. The fraction of sp³-hybridized carbons (Fsp3) is 0.500. The third-order valence-electron chi connectivity index (χ3n) is 3.77. The van der Waals surface area contributed by atoms with Crippen molar-refractivity contribution in [2.45, 2.75) is 36.7 Å². The molecule has 1 aliphatic heterocycles. The lowest BCUT2D eigenvalue weighted by molar-refractivity contribution is -0.123. The minimum absolute atomic E-state index is 0.146. The molecule has 116 valence electrons. The molecule has 2 atom stereocenters. The van der Waals surface area contributed by atoms with Crippen molar-refractivity contribution >= 4 is 15.9 Å². The topological polar surface area (TPSA) is 92.5 Å². The van der Waals surface area contributed by atoms with E-state index in [1.54, 1.807) is 24.3 Å². The van der Waals surface area contributed by atoms with Gasteiger partial charge in [-0.2, -0.15) is 4.31 Å². The number of rotatable bonds is 4. The van der Waals surface area contributed by atoms with Crippen molar-refractivity contribution in [3.05, 3.63) is 29.8 Å². The first-order chi connectivity index (χ1) is 9.87. The van der Waals surface area contributed by atoms with E-state index in [2.05, 4.69) is 5.32 Å². The molecule has 1 amide bonds. The standard InChI is InChI=1S/C14H21N3O3S/c1-10(15)11-5-7-12(8-6-11)21(19,20)17-9-3-4-13(17)14(18)16-2/h5-8,10,13H,3-4,9,15H2,1-2H3,(H,16,18). The second-order valence-corrected chi connectivity index (χ2v) is 7.14. The van der Waals surface area contributed by atoms with Crippen LogP contribution in [0, 0.1) is 0 Å². The highest BCUT2D eigenvalue weighted by Crippen LogP contribution is 2.26. The Morgan fingerprint density at radius 1 is 1.38 bits per heavy atom. The van der Waals surface area contributed by atoms with Crippen LogP contribution in [0.25, 0.3) is 0 Å². The minimum Gasteiger partial charge on any atom is -0.358 e. The third-order valence-corrected chi connectivity index (χ3v) is 5.69. The van der Waals surface area contributed by atoms with Crippen LogP contribution in [0.4, 0.5) is 0 Å². The summed E-state index contributed by atoms with van der Waals surface area (Å²) >= 11 is 0.